The van der Waals surface area contributed by atoms with Crippen LogP contribution in [-0.2, 0) is 4.79 Å². The van der Waals surface area contributed by atoms with Crippen LogP contribution in [0.3, 0.4) is 0 Å². The summed E-state index contributed by atoms with van der Waals surface area (Å²) in [5.74, 6) is 0.0421. The zero-order valence-electron chi connectivity index (χ0n) is 13.3. The molecule has 128 valence electrons. The summed E-state index contributed by atoms with van der Waals surface area (Å²) in [6.07, 6.45) is -0.336. The average molecular weight is 358 g/mol. The van der Waals surface area contributed by atoms with Crippen LogP contribution >= 0.6 is 11.6 Å². The van der Waals surface area contributed by atoms with Crippen LogP contribution in [0.2, 0.25) is 5.02 Å². The lowest BCUT2D eigenvalue weighted by atomic mass is 9.99. The number of ether oxygens (including phenoxy) is 1. The van der Waals surface area contributed by atoms with Gasteiger partial charge in [-0.15, -0.1) is 0 Å². The Labute approximate surface area is 149 Å². The Kier molecular flexibility index (Phi) is 3.77. The zero-order chi connectivity index (χ0) is 17.6. The molecule has 0 spiro atoms. The van der Waals surface area contributed by atoms with Crippen LogP contribution in [0, 0.1) is 0 Å². The van der Waals surface area contributed by atoms with E-state index in [-0.39, 0.29) is 24.7 Å². The Balaban J connectivity index is 1.79. The van der Waals surface area contributed by atoms with Crippen molar-refractivity contribution in [3.63, 3.8) is 0 Å². The minimum absolute atomic E-state index is 0.122. The highest BCUT2D eigenvalue weighted by molar-refractivity contribution is 6.31. The van der Waals surface area contributed by atoms with Gasteiger partial charge in [-0.3, -0.25) is 9.69 Å². The van der Waals surface area contributed by atoms with Crippen LogP contribution in [-0.4, -0.2) is 36.0 Å². The van der Waals surface area contributed by atoms with Crippen LogP contribution < -0.4 is 15.4 Å². The summed E-state index contributed by atoms with van der Waals surface area (Å²) >= 11 is 6.11. The molecule has 2 aliphatic rings. The van der Waals surface area contributed by atoms with E-state index in [0.717, 1.165) is 5.56 Å². The molecular formula is C18H16ClN3O3. The molecule has 0 aromatic heterocycles. The van der Waals surface area contributed by atoms with Crippen molar-refractivity contribution >= 4 is 29.2 Å². The van der Waals surface area contributed by atoms with Crippen molar-refractivity contribution in [3.8, 4) is 5.75 Å². The molecule has 3 amide bonds. The molecule has 2 aliphatic heterocycles. The number of hydrogen-bond donors (Lipinski definition) is 1. The molecule has 1 fully saturated rings. The van der Waals surface area contributed by atoms with Gasteiger partial charge in [-0.05, 0) is 23.8 Å². The van der Waals surface area contributed by atoms with Crippen molar-refractivity contribution in [3.05, 3.63) is 59.1 Å². The fraction of sp³-hybridized carbons (Fsp3) is 0.222. The van der Waals surface area contributed by atoms with Gasteiger partial charge in [0.2, 0.25) is 5.91 Å². The van der Waals surface area contributed by atoms with Crippen LogP contribution in [0.15, 0.2) is 48.5 Å². The topological polar surface area (TPSA) is 75.9 Å². The second kappa shape index (κ2) is 5.97. The first-order valence-electron chi connectivity index (χ1n) is 7.92. The number of amides is 3. The molecule has 7 heteroatoms. The van der Waals surface area contributed by atoms with Gasteiger partial charge in [-0.25, -0.2) is 4.79 Å². The molecule has 2 aromatic carbocycles. The standard InChI is InChI=1S/C18H16ClN3O3/c19-12-6-7-15-13(8-12)22-14(9-21(18(22)24)10-16(20)23)17(25-15)11-4-2-1-3-5-11/h1-8,14,17H,9-10H2,(H2,20,23). The molecular weight excluding hydrogens is 342 g/mol. The van der Waals surface area contributed by atoms with E-state index in [1.54, 1.807) is 23.1 Å². The lowest BCUT2D eigenvalue weighted by Crippen LogP contribution is -2.44. The Morgan fingerprint density at radius 2 is 2.00 bits per heavy atom. The summed E-state index contributed by atoms with van der Waals surface area (Å²) in [5.41, 5.74) is 6.86. The SMILES string of the molecule is NC(=O)CN1CC2C(c3ccccc3)Oc3ccc(Cl)cc3N2C1=O. The van der Waals surface area contributed by atoms with Gasteiger partial charge in [0.25, 0.3) is 0 Å². The second-order valence-corrected chi connectivity index (χ2v) is 6.56. The fourth-order valence-electron chi connectivity index (χ4n) is 3.44. The Hall–Kier alpha value is -2.73. The summed E-state index contributed by atoms with van der Waals surface area (Å²) in [6, 6.07) is 14.4. The molecule has 2 heterocycles. The van der Waals surface area contributed by atoms with Crippen molar-refractivity contribution in [2.45, 2.75) is 12.1 Å². The molecule has 0 saturated carbocycles. The number of urea groups is 1. The third-order valence-electron chi connectivity index (χ3n) is 4.47. The van der Waals surface area contributed by atoms with Crippen LogP contribution in [0.4, 0.5) is 10.5 Å². The number of nitrogens with zero attached hydrogens (tertiary/aromatic N) is 2. The van der Waals surface area contributed by atoms with E-state index in [1.807, 2.05) is 30.3 Å². The molecule has 25 heavy (non-hydrogen) atoms. The third-order valence-corrected chi connectivity index (χ3v) is 4.71. The first-order chi connectivity index (χ1) is 12.0. The van der Waals surface area contributed by atoms with E-state index in [0.29, 0.717) is 23.0 Å². The molecule has 0 bridgehead atoms. The van der Waals surface area contributed by atoms with Crippen molar-refractivity contribution in [2.75, 3.05) is 18.0 Å². The van der Waals surface area contributed by atoms with Gasteiger partial charge in [0.15, 0.2) is 0 Å². The van der Waals surface area contributed by atoms with E-state index in [2.05, 4.69) is 0 Å². The van der Waals surface area contributed by atoms with Gasteiger partial charge in [0.05, 0.1) is 11.7 Å². The third kappa shape index (κ3) is 2.68. The fourth-order valence-corrected chi connectivity index (χ4v) is 3.61. The molecule has 2 atom stereocenters. The molecule has 2 aromatic rings. The highest BCUT2D eigenvalue weighted by Gasteiger charge is 2.48. The zero-order valence-corrected chi connectivity index (χ0v) is 14.0. The maximum absolute atomic E-state index is 12.9. The van der Waals surface area contributed by atoms with Crippen LogP contribution in [0.5, 0.6) is 5.75 Å². The van der Waals surface area contributed by atoms with Crippen molar-refractivity contribution in [2.24, 2.45) is 5.73 Å². The van der Waals surface area contributed by atoms with Gasteiger partial charge in [-0.2, -0.15) is 0 Å². The first-order valence-corrected chi connectivity index (χ1v) is 8.30. The number of halogens is 1. The molecule has 2 N–H and O–H groups in total. The number of benzene rings is 2. The molecule has 4 rings (SSSR count). The second-order valence-electron chi connectivity index (χ2n) is 6.13. The molecule has 0 aliphatic carbocycles. The molecule has 1 saturated heterocycles. The molecule has 0 radical (unpaired) electrons. The highest BCUT2D eigenvalue weighted by Crippen LogP contribution is 2.45. The lowest BCUT2D eigenvalue weighted by Gasteiger charge is -2.37. The maximum Gasteiger partial charge on any atom is 0.325 e. The van der Waals surface area contributed by atoms with E-state index in [1.165, 1.54) is 4.90 Å². The monoisotopic (exact) mass is 357 g/mol. The van der Waals surface area contributed by atoms with Crippen molar-refractivity contribution in [1.29, 1.82) is 0 Å². The molecule has 6 nitrogen and oxygen atoms in total. The van der Waals surface area contributed by atoms with Crippen molar-refractivity contribution in [1.82, 2.24) is 4.90 Å². The van der Waals surface area contributed by atoms with Crippen LogP contribution in [0.25, 0.3) is 0 Å². The Bertz CT molecular complexity index is 843. The first kappa shape index (κ1) is 15.8. The van der Waals surface area contributed by atoms with E-state index < -0.39 is 5.91 Å². The number of fused-ring (bicyclic) bond motifs is 3. The molecule has 2 unspecified atom stereocenters. The highest BCUT2D eigenvalue weighted by atomic mass is 35.5. The number of rotatable bonds is 3. The van der Waals surface area contributed by atoms with Gasteiger partial charge in [0, 0.05) is 11.6 Å². The van der Waals surface area contributed by atoms with Crippen molar-refractivity contribution < 1.29 is 14.3 Å². The summed E-state index contributed by atoms with van der Waals surface area (Å²) in [6.45, 7) is 0.233. The lowest BCUT2D eigenvalue weighted by molar-refractivity contribution is -0.118. The number of primary amides is 1. The quantitative estimate of drug-likeness (QED) is 0.917. The van der Waals surface area contributed by atoms with Gasteiger partial charge in [-0.1, -0.05) is 41.9 Å². The van der Waals surface area contributed by atoms with Gasteiger partial charge >= 0.3 is 6.03 Å². The number of nitrogens with two attached hydrogens (primary N) is 1. The predicted molar refractivity (Wildman–Crippen MR) is 93.7 cm³/mol. The predicted octanol–water partition coefficient (Wildman–Crippen LogP) is 2.57. The summed E-state index contributed by atoms with van der Waals surface area (Å²) in [7, 11) is 0. The average Bonchev–Trinajstić information content (AvgIpc) is 2.91. The maximum atomic E-state index is 12.9. The van der Waals surface area contributed by atoms with E-state index >= 15 is 0 Å². The minimum Gasteiger partial charge on any atom is -0.481 e. The number of carbonyl (C=O) groups excluding carboxylic acids is 2. The van der Waals surface area contributed by atoms with Crippen LogP contribution in [0.1, 0.15) is 11.7 Å². The van der Waals surface area contributed by atoms with E-state index in [4.69, 9.17) is 22.1 Å². The summed E-state index contributed by atoms with van der Waals surface area (Å²) in [5, 5.41) is 0.514. The number of anilines is 1. The Morgan fingerprint density at radius 1 is 1.24 bits per heavy atom. The number of hydrogen-bond acceptors (Lipinski definition) is 3. The van der Waals surface area contributed by atoms with E-state index in [9.17, 15) is 9.59 Å². The Morgan fingerprint density at radius 3 is 2.72 bits per heavy atom. The normalized spacial score (nSPS) is 21.6. The number of carbonyl (C=O) groups is 2. The van der Waals surface area contributed by atoms with Gasteiger partial charge in [0.1, 0.15) is 18.4 Å². The van der Waals surface area contributed by atoms with Gasteiger partial charge < -0.3 is 15.4 Å². The summed E-state index contributed by atoms with van der Waals surface area (Å²) < 4.78 is 6.19. The largest absolute Gasteiger partial charge is 0.481 e. The minimum atomic E-state index is -0.545. The smallest absolute Gasteiger partial charge is 0.325 e. The summed E-state index contributed by atoms with van der Waals surface area (Å²) in [4.78, 5) is 27.3.